The van der Waals surface area contributed by atoms with E-state index in [-0.39, 0.29) is 5.38 Å². The zero-order chi connectivity index (χ0) is 6.85. The van der Waals surface area contributed by atoms with Crippen LogP contribution in [-0.2, 0) is 0 Å². The average Bonchev–Trinajstić information content (AvgIpc) is 1.83. The van der Waals surface area contributed by atoms with Gasteiger partial charge in [0.25, 0.3) is 0 Å². The van der Waals surface area contributed by atoms with Crippen LogP contribution < -0.4 is 0 Å². The maximum absolute atomic E-state index is 5.88. The van der Waals surface area contributed by atoms with E-state index in [1.807, 2.05) is 12.2 Å². The van der Waals surface area contributed by atoms with Crippen molar-refractivity contribution in [3.05, 3.63) is 21.1 Å². The van der Waals surface area contributed by atoms with Gasteiger partial charge in [0.1, 0.15) is 0 Å². The topological polar surface area (TPSA) is 0 Å². The number of allylic oxidation sites excluding steroid dienone is 4. The zero-order valence-corrected chi connectivity index (χ0v) is 8.50. The van der Waals surface area contributed by atoms with Crippen molar-refractivity contribution in [2.75, 3.05) is 0 Å². The van der Waals surface area contributed by atoms with Gasteiger partial charge in [-0.25, -0.2) is 0 Å². The first kappa shape index (κ1) is 7.83. The molecule has 1 rings (SSSR count). The van der Waals surface area contributed by atoms with Gasteiger partial charge in [-0.05, 0) is 22.4 Å². The normalized spacial score (nSPS) is 27.2. The lowest BCUT2D eigenvalue weighted by Crippen LogP contribution is -2.00. The molecule has 0 aromatic carbocycles. The van der Waals surface area contributed by atoms with E-state index < -0.39 is 0 Å². The lowest BCUT2D eigenvalue weighted by molar-refractivity contribution is 1.03. The highest BCUT2D eigenvalue weighted by atomic mass is 79.9. The second-order valence-electron chi connectivity index (χ2n) is 1.80. The van der Waals surface area contributed by atoms with E-state index in [0.29, 0.717) is 0 Å². The number of rotatable bonds is 0. The highest BCUT2D eigenvalue weighted by Crippen LogP contribution is 2.31. The van der Waals surface area contributed by atoms with Crippen LogP contribution in [0.4, 0.5) is 0 Å². The van der Waals surface area contributed by atoms with Crippen LogP contribution in [0, 0.1) is 0 Å². The molecule has 0 saturated carbocycles. The minimum atomic E-state index is 0.115. The Labute approximate surface area is 76.2 Å². The van der Waals surface area contributed by atoms with E-state index in [2.05, 4.69) is 31.9 Å². The Bertz CT molecular complexity index is 172. The molecule has 0 amide bonds. The standard InChI is InChI=1S/C6H5Br2Cl/c7-4-2-1-3-5(9)6(4)8/h1-2,5H,3H2/t5-/m0/s1. The second-order valence-corrected chi connectivity index (χ2v) is 4.04. The van der Waals surface area contributed by atoms with Crippen molar-refractivity contribution in [1.29, 1.82) is 0 Å². The fourth-order valence-corrected chi connectivity index (χ4v) is 1.76. The third-order valence-corrected chi connectivity index (χ3v) is 3.97. The van der Waals surface area contributed by atoms with Gasteiger partial charge in [0.05, 0.1) is 5.38 Å². The van der Waals surface area contributed by atoms with Crippen molar-refractivity contribution >= 4 is 43.5 Å². The van der Waals surface area contributed by atoms with Crippen molar-refractivity contribution in [3.8, 4) is 0 Å². The van der Waals surface area contributed by atoms with Gasteiger partial charge in [-0.3, -0.25) is 0 Å². The summed E-state index contributed by atoms with van der Waals surface area (Å²) in [6, 6.07) is 0. The van der Waals surface area contributed by atoms with E-state index in [1.165, 1.54) is 0 Å². The Morgan fingerprint density at radius 3 is 2.67 bits per heavy atom. The summed E-state index contributed by atoms with van der Waals surface area (Å²) in [5.41, 5.74) is 0. The van der Waals surface area contributed by atoms with Crippen LogP contribution in [0.3, 0.4) is 0 Å². The molecular weight excluding hydrogens is 267 g/mol. The SMILES string of the molecule is Cl[C@H]1CC=CC(Br)=C1Br. The Morgan fingerprint density at radius 1 is 1.56 bits per heavy atom. The Kier molecular flexibility index (Phi) is 2.80. The monoisotopic (exact) mass is 270 g/mol. The fourth-order valence-electron chi connectivity index (χ4n) is 0.624. The fraction of sp³-hybridized carbons (Fsp3) is 0.333. The van der Waals surface area contributed by atoms with Crippen molar-refractivity contribution in [2.45, 2.75) is 11.8 Å². The highest BCUT2D eigenvalue weighted by molar-refractivity contribution is 9.14. The maximum atomic E-state index is 5.88. The van der Waals surface area contributed by atoms with Gasteiger partial charge in [0, 0.05) is 8.96 Å². The molecule has 0 N–H and O–H groups in total. The summed E-state index contributed by atoms with van der Waals surface area (Å²) < 4.78 is 2.10. The number of hydrogen-bond donors (Lipinski definition) is 0. The summed E-state index contributed by atoms with van der Waals surface area (Å²) >= 11 is 12.6. The summed E-state index contributed by atoms with van der Waals surface area (Å²) in [5.74, 6) is 0. The Morgan fingerprint density at radius 2 is 2.22 bits per heavy atom. The molecule has 1 atom stereocenters. The lowest BCUT2D eigenvalue weighted by atomic mass is 10.2. The minimum absolute atomic E-state index is 0.115. The molecule has 9 heavy (non-hydrogen) atoms. The van der Waals surface area contributed by atoms with Crippen LogP contribution >= 0.6 is 43.5 Å². The molecule has 1 aliphatic rings. The van der Waals surface area contributed by atoms with Gasteiger partial charge in [0.15, 0.2) is 0 Å². The van der Waals surface area contributed by atoms with Crippen LogP contribution in [0.15, 0.2) is 21.1 Å². The van der Waals surface area contributed by atoms with Crippen molar-refractivity contribution in [3.63, 3.8) is 0 Å². The van der Waals surface area contributed by atoms with Crippen LogP contribution in [-0.4, -0.2) is 5.38 Å². The first-order valence-corrected chi connectivity index (χ1v) is 4.60. The third kappa shape index (κ3) is 1.82. The molecule has 0 fully saturated rings. The van der Waals surface area contributed by atoms with Crippen molar-refractivity contribution in [1.82, 2.24) is 0 Å². The number of halogens is 3. The molecule has 0 aliphatic heterocycles. The predicted molar refractivity (Wildman–Crippen MR) is 48.3 cm³/mol. The first-order chi connectivity index (χ1) is 4.22. The smallest absolute Gasteiger partial charge is 0.0696 e. The van der Waals surface area contributed by atoms with Crippen LogP contribution in [0.2, 0.25) is 0 Å². The average molecular weight is 272 g/mol. The predicted octanol–water partition coefficient (Wildman–Crippen LogP) is 3.56. The summed E-state index contributed by atoms with van der Waals surface area (Å²) in [6.45, 7) is 0. The molecule has 0 nitrogen and oxygen atoms in total. The van der Waals surface area contributed by atoms with Gasteiger partial charge in [-0.1, -0.05) is 28.1 Å². The van der Waals surface area contributed by atoms with E-state index in [1.54, 1.807) is 0 Å². The largest absolute Gasteiger partial charge is 0.117 e. The van der Waals surface area contributed by atoms with Crippen LogP contribution in [0.5, 0.6) is 0 Å². The lowest BCUT2D eigenvalue weighted by Gasteiger charge is -2.10. The summed E-state index contributed by atoms with van der Waals surface area (Å²) in [7, 11) is 0. The van der Waals surface area contributed by atoms with E-state index in [9.17, 15) is 0 Å². The van der Waals surface area contributed by atoms with Gasteiger partial charge < -0.3 is 0 Å². The Balaban J connectivity index is 2.83. The molecule has 50 valence electrons. The van der Waals surface area contributed by atoms with E-state index in [0.717, 1.165) is 15.4 Å². The number of alkyl halides is 1. The molecular formula is C6H5Br2Cl. The van der Waals surface area contributed by atoms with Gasteiger partial charge in [-0.15, -0.1) is 11.6 Å². The van der Waals surface area contributed by atoms with E-state index in [4.69, 9.17) is 11.6 Å². The molecule has 0 saturated heterocycles. The summed E-state index contributed by atoms with van der Waals surface area (Å²) in [4.78, 5) is 0. The molecule has 0 bridgehead atoms. The highest BCUT2D eigenvalue weighted by Gasteiger charge is 2.12. The maximum Gasteiger partial charge on any atom is 0.0696 e. The molecule has 0 radical (unpaired) electrons. The molecule has 0 spiro atoms. The molecule has 1 aliphatic carbocycles. The minimum Gasteiger partial charge on any atom is -0.117 e. The van der Waals surface area contributed by atoms with E-state index >= 15 is 0 Å². The van der Waals surface area contributed by atoms with Gasteiger partial charge in [0.2, 0.25) is 0 Å². The molecule has 0 aromatic rings. The second kappa shape index (κ2) is 3.22. The zero-order valence-electron chi connectivity index (χ0n) is 4.57. The van der Waals surface area contributed by atoms with Crippen LogP contribution in [0.25, 0.3) is 0 Å². The van der Waals surface area contributed by atoms with Gasteiger partial charge >= 0.3 is 0 Å². The quantitative estimate of drug-likeness (QED) is 0.592. The molecule has 0 heterocycles. The summed E-state index contributed by atoms with van der Waals surface area (Å²) in [6.07, 6.45) is 4.96. The number of hydrogen-bond acceptors (Lipinski definition) is 0. The molecule has 3 heteroatoms. The van der Waals surface area contributed by atoms with Crippen molar-refractivity contribution in [2.24, 2.45) is 0 Å². The summed E-state index contributed by atoms with van der Waals surface area (Å²) in [5, 5.41) is 0.115. The third-order valence-electron chi connectivity index (χ3n) is 1.11. The Hall–Kier alpha value is 0.730. The van der Waals surface area contributed by atoms with Crippen LogP contribution in [0.1, 0.15) is 6.42 Å². The molecule has 0 unspecified atom stereocenters. The van der Waals surface area contributed by atoms with Crippen molar-refractivity contribution < 1.29 is 0 Å². The molecule has 0 aromatic heterocycles. The van der Waals surface area contributed by atoms with Gasteiger partial charge in [-0.2, -0.15) is 0 Å². The first-order valence-electron chi connectivity index (χ1n) is 2.57.